The second-order valence-electron chi connectivity index (χ2n) is 6.06. The summed E-state index contributed by atoms with van der Waals surface area (Å²) < 4.78 is 1.82. The lowest BCUT2D eigenvalue weighted by molar-refractivity contribution is 0.614. The molecule has 1 aliphatic rings. The summed E-state index contributed by atoms with van der Waals surface area (Å²) in [4.78, 5) is 17.7. The number of allylic oxidation sites excluding steroid dienone is 1. The molecule has 3 nitrogen and oxygen atoms in total. The third kappa shape index (κ3) is 2.65. The molecule has 0 atom stereocenters. The van der Waals surface area contributed by atoms with E-state index in [2.05, 4.69) is 6.08 Å². The van der Waals surface area contributed by atoms with Gasteiger partial charge in [0.1, 0.15) is 5.82 Å². The van der Waals surface area contributed by atoms with Crippen LogP contribution in [0.5, 0.6) is 0 Å². The summed E-state index contributed by atoms with van der Waals surface area (Å²) in [5.41, 5.74) is 2.83. The van der Waals surface area contributed by atoms with E-state index in [1.807, 2.05) is 53.1 Å². The van der Waals surface area contributed by atoms with E-state index in [0.717, 1.165) is 41.7 Å². The van der Waals surface area contributed by atoms with Crippen molar-refractivity contribution in [1.29, 1.82) is 0 Å². The van der Waals surface area contributed by atoms with Crippen LogP contribution in [-0.4, -0.2) is 9.55 Å². The Morgan fingerprint density at radius 3 is 2.71 bits per heavy atom. The third-order valence-electron chi connectivity index (χ3n) is 4.46. The first-order valence-electron chi connectivity index (χ1n) is 8.19. The van der Waals surface area contributed by atoms with Crippen LogP contribution < -0.4 is 5.56 Å². The van der Waals surface area contributed by atoms with E-state index in [0.29, 0.717) is 17.0 Å². The van der Waals surface area contributed by atoms with Gasteiger partial charge < -0.3 is 0 Å². The van der Waals surface area contributed by atoms with Crippen LogP contribution in [0.3, 0.4) is 0 Å². The van der Waals surface area contributed by atoms with E-state index in [4.69, 9.17) is 16.6 Å². The van der Waals surface area contributed by atoms with Crippen LogP contribution in [-0.2, 0) is 6.54 Å². The predicted molar refractivity (Wildman–Crippen MR) is 99.2 cm³/mol. The average molecular weight is 337 g/mol. The lowest BCUT2D eigenvalue weighted by Crippen LogP contribution is -2.24. The van der Waals surface area contributed by atoms with Crippen molar-refractivity contribution in [2.45, 2.75) is 25.8 Å². The lowest BCUT2D eigenvalue weighted by atomic mass is 10.1. The molecular weight excluding hydrogens is 320 g/mol. The van der Waals surface area contributed by atoms with Crippen LogP contribution in [0, 0.1) is 0 Å². The van der Waals surface area contributed by atoms with E-state index < -0.39 is 0 Å². The first-order chi connectivity index (χ1) is 11.7. The Morgan fingerprint density at radius 2 is 1.83 bits per heavy atom. The monoisotopic (exact) mass is 336 g/mol. The summed E-state index contributed by atoms with van der Waals surface area (Å²) in [7, 11) is 0. The number of fused-ring (bicyclic) bond motifs is 2. The second-order valence-corrected chi connectivity index (χ2v) is 6.46. The van der Waals surface area contributed by atoms with E-state index in [1.165, 1.54) is 0 Å². The molecule has 2 heterocycles. The topological polar surface area (TPSA) is 34.9 Å². The summed E-state index contributed by atoms with van der Waals surface area (Å²) >= 11 is 6.30. The molecule has 120 valence electrons. The molecule has 1 aromatic heterocycles. The molecule has 0 spiro atoms. The van der Waals surface area contributed by atoms with Gasteiger partial charge in [0, 0.05) is 11.6 Å². The van der Waals surface area contributed by atoms with Crippen molar-refractivity contribution >= 4 is 34.2 Å². The minimum atomic E-state index is 0.0440. The second kappa shape index (κ2) is 6.25. The fourth-order valence-electron chi connectivity index (χ4n) is 3.23. The maximum atomic E-state index is 12.9. The van der Waals surface area contributed by atoms with Gasteiger partial charge in [0.05, 0.1) is 10.9 Å². The number of aromatic nitrogens is 2. The average Bonchev–Trinajstić information content (AvgIpc) is 2.80. The molecule has 0 aliphatic carbocycles. The number of nitrogens with zero attached hydrogens (tertiary/aromatic N) is 2. The fourth-order valence-corrected chi connectivity index (χ4v) is 3.42. The Labute approximate surface area is 145 Å². The van der Waals surface area contributed by atoms with E-state index >= 15 is 0 Å². The van der Waals surface area contributed by atoms with Gasteiger partial charge in [0.25, 0.3) is 5.56 Å². The van der Waals surface area contributed by atoms with Crippen molar-refractivity contribution in [2.75, 3.05) is 0 Å². The molecule has 0 saturated carbocycles. The van der Waals surface area contributed by atoms with Gasteiger partial charge in [-0.3, -0.25) is 9.36 Å². The number of para-hydroxylation sites is 1. The molecule has 0 saturated heterocycles. The predicted octanol–water partition coefficient (Wildman–Crippen LogP) is 4.77. The Balaban J connectivity index is 1.97. The standard InChI is InChI=1S/C20H17ClN2O/c21-17-10-3-1-7-14(17)13-15-8-5-6-12-23-19(15)22-18-11-4-2-9-16(18)20(23)24/h1-4,7,9-11,13H,5-6,8,12H2/b15-13+. The molecular formula is C20H17ClN2O. The molecule has 0 fully saturated rings. The van der Waals surface area contributed by atoms with E-state index in [-0.39, 0.29) is 5.56 Å². The molecule has 0 radical (unpaired) electrons. The van der Waals surface area contributed by atoms with Gasteiger partial charge in [-0.2, -0.15) is 0 Å². The minimum Gasteiger partial charge on any atom is -0.292 e. The Kier molecular flexibility index (Phi) is 3.95. The van der Waals surface area contributed by atoms with E-state index in [1.54, 1.807) is 0 Å². The summed E-state index contributed by atoms with van der Waals surface area (Å²) in [5.74, 6) is 0.774. The van der Waals surface area contributed by atoms with Crippen LogP contribution in [0.25, 0.3) is 22.6 Å². The maximum absolute atomic E-state index is 12.9. The Hall–Kier alpha value is -2.39. The fraction of sp³-hybridized carbons (Fsp3) is 0.200. The number of hydrogen-bond donors (Lipinski definition) is 0. The van der Waals surface area contributed by atoms with Crippen LogP contribution in [0.1, 0.15) is 30.7 Å². The lowest BCUT2D eigenvalue weighted by Gasteiger charge is -2.12. The largest absolute Gasteiger partial charge is 0.292 e. The van der Waals surface area contributed by atoms with Crippen LogP contribution in [0.4, 0.5) is 0 Å². The zero-order valence-corrected chi connectivity index (χ0v) is 14.0. The van der Waals surface area contributed by atoms with Crippen molar-refractivity contribution in [3.63, 3.8) is 0 Å². The zero-order chi connectivity index (χ0) is 16.5. The van der Waals surface area contributed by atoms with Crippen molar-refractivity contribution in [3.8, 4) is 0 Å². The van der Waals surface area contributed by atoms with Crippen LogP contribution in [0.15, 0.2) is 53.3 Å². The van der Waals surface area contributed by atoms with Gasteiger partial charge in [0.15, 0.2) is 0 Å². The zero-order valence-electron chi connectivity index (χ0n) is 13.2. The van der Waals surface area contributed by atoms with Gasteiger partial charge in [-0.25, -0.2) is 4.98 Å². The number of benzene rings is 2. The number of halogens is 1. The number of hydrogen-bond acceptors (Lipinski definition) is 2. The highest BCUT2D eigenvalue weighted by Crippen LogP contribution is 2.28. The molecule has 0 amide bonds. The molecule has 4 rings (SSSR count). The molecule has 3 aromatic rings. The SMILES string of the molecule is O=c1c2ccccc2nc2n1CCCC/C2=C\c1ccccc1Cl. The molecule has 1 aliphatic heterocycles. The summed E-state index contributed by atoms with van der Waals surface area (Å²) in [5, 5.41) is 1.39. The van der Waals surface area contributed by atoms with Crippen molar-refractivity contribution in [1.82, 2.24) is 9.55 Å². The smallest absolute Gasteiger partial charge is 0.261 e. The van der Waals surface area contributed by atoms with Crippen molar-refractivity contribution in [2.24, 2.45) is 0 Å². The summed E-state index contributed by atoms with van der Waals surface area (Å²) in [6.07, 6.45) is 4.99. The van der Waals surface area contributed by atoms with Gasteiger partial charge in [0.2, 0.25) is 0 Å². The highest BCUT2D eigenvalue weighted by Gasteiger charge is 2.17. The Bertz CT molecular complexity index is 1000. The highest BCUT2D eigenvalue weighted by atomic mass is 35.5. The van der Waals surface area contributed by atoms with Crippen LogP contribution in [0.2, 0.25) is 5.02 Å². The van der Waals surface area contributed by atoms with Crippen LogP contribution >= 0.6 is 11.6 Å². The molecule has 4 heteroatoms. The Morgan fingerprint density at radius 1 is 1.04 bits per heavy atom. The summed E-state index contributed by atoms with van der Waals surface area (Å²) in [6, 6.07) is 15.3. The van der Waals surface area contributed by atoms with Gasteiger partial charge in [-0.05, 0) is 54.7 Å². The first-order valence-corrected chi connectivity index (χ1v) is 8.57. The molecule has 0 N–H and O–H groups in total. The van der Waals surface area contributed by atoms with E-state index in [9.17, 15) is 4.79 Å². The minimum absolute atomic E-state index is 0.0440. The van der Waals surface area contributed by atoms with Gasteiger partial charge >= 0.3 is 0 Å². The summed E-state index contributed by atoms with van der Waals surface area (Å²) in [6.45, 7) is 0.714. The molecule has 2 aromatic carbocycles. The first kappa shape index (κ1) is 15.2. The van der Waals surface area contributed by atoms with Crippen molar-refractivity contribution in [3.05, 3.63) is 75.3 Å². The third-order valence-corrected chi connectivity index (χ3v) is 4.81. The van der Waals surface area contributed by atoms with Crippen molar-refractivity contribution < 1.29 is 0 Å². The van der Waals surface area contributed by atoms with Gasteiger partial charge in [-0.15, -0.1) is 0 Å². The highest BCUT2D eigenvalue weighted by molar-refractivity contribution is 6.32. The number of rotatable bonds is 1. The quantitative estimate of drug-likeness (QED) is 0.641. The normalized spacial score (nSPS) is 16.1. The molecule has 0 bridgehead atoms. The van der Waals surface area contributed by atoms with Gasteiger partial charge in [-0.1, -0.05) is 41.9 Å². The molecule has 24 heavy (non-hydrogen) atoms. The molecule has 0 unspecified atom stereocenters. The maximum Gasteiger partial charge on any atom is 0.261 e.